The number of thioether (sulfide) groups is 2. The van der Waals surface area contributed by atoms with Crippen LogP contribution in [0.1, 0.15) is 30.9 Å². The lowest BCUT2D eigenvalue weighted by Crippen LogP contribution is -2.38. The van der Waals surface area contributed by atoms with Crippen molar-refractivity contribution in [3.63, 3.8) is 0 Å². The average molecular weight is 384 g/mol. The number of piperidine rings is 1. The van der Waals surface area contributed by atoms with Gasteiger partial charge in [-0.3, -0.25) is 0 Å². The molecule has 2 fully saturated rings. The van der Waals surface area contributed by atoms with Crippen LogP contribution in [0.2, 0.25) is 0 Å². The van der Waals surface area contributed by atoms with E-state index in [1.54, 1.807) is 0 Å². The maximum absolute atomic E-state index is 2.72. The van der Waals surface area contributed by atoms with E-state index in [2.05, 4.69) is 96.0 Å². The molecule has 2 aromatic rings. The Morgan fingerprint density at radius 3 is 2.31 bits per heavy atom. The first-order valence-corrected chi connectivity index (χ1v) is 11.7. The SMILES string of the molecule is C[C@]1(c2ccccc2)SC[C@H](CN2CCC(Cc3ccccc3)CC2)S1. The molecule has 0 unspecified atom stereocenters. The fourth-order valence-corrected chi connectivity index (χ4v) is 7.70. The summed E-state index contributed by atoms with van der Waals surface area (Å²) in [4.78, 5) is 2.72. The first kappa shape index (κ1) is 18.5. The Bertz CT molecular complexity index is 682. The molecule has 138 valence electrons. The average Bonchev–Trinajstić information content (AvgIpc) is 3.07. The molecule has 0 aromatic heterocycles. The molecule has 3 heteroatoms. The van der Waals surface area contributed by atoms with Crippen LogP contribution < -0.4 is 0 Å². The fraction of sp³-hybridized carbons (Fsp3) is 0.478. The summed E-state index contributed by atoms with van der Waals surface area (Å²) in [6.07, 6.45) is 3.97. The van der Waals surface area contributed by atoms with E-state index in [1.807, 2.05) is 0 Å². The maximum atomic E-state index is 2.72. The highest BCUT2D eigenvalue weighted by Crippen LogP contribution is 2.54. The van der Waals surface area contributed by atoms with E-state index >= 15 is 0 Å². The molecule has 0 aliphatic carbocycles. The summed E-state index contributed by atoms with van der Waals surface area (Å²) in [6, 6.07) is 22.1. The zero-order chi connectivity index (χ0) is 17.8. The molecule has 0 radical (unpaired) electrons. The number of likely N-dealkylation sites (tertiary alicyclic amines) is 1. The lowest BCUT2D eigenvalue weighted by Gasteiger charge is -2.33. The minimum absolute atomic E-state index is 0.234. The van der Waals surface area contributed by atoms with Gasteiger partial charge >= 0.3 is 0 Å². The monoisotopic (exact) mass is 383 g/mol. The summed E-state index contributed by atoms with van der Waals surface area (Å²) in [5.74, 6) is 2.15. The van der Waals surface area contributed by atoms with Gasteiger partial charge in [0.1, 0.15) is 0 Å². The van der Waals surface area contributed by atoms with Gasteiger partial charge in [-0.1, -0.05) is 60.7 Å². The molecule has 1 nitrogen and oxygen atoms in total. The molecule has 2 aromatic carbocycles. The standard InChI is InChI=1S/C23H29NS2/c1-23(21-10-6-3-7-11-21)25-18-22(26-23)17-24-14-12-20(13-15-24)16-19-8-4-2-5-9-19/h2-11,20,22H,12-18H2,1H3/t22-,23-/m0/s1. The zero-order valence-corrected chi connectivity index (χ0v) is 17.3. The van der Waals surface area contributed by atoms with Gasteiger partial charge in [-0.25, -0.2) is 0 Å². The van der Waals surface area contributed by atoms with Crippen molar-refractivity contribution in [2.75, 3.05) is 25.4 Å². The number of hydrogen-bond acceptors (Lipinski definition) is 3. The number of hydrogen-bond donors (Lipinski definition) is 0. The van der Waals surface area contributed by atoms with Crippen molar-refractivity contribution < 1.29 is 0 Å². The highest BCUT2D eigenvalue weighted by molar-refractivity contribution is 8.20. The van der Waals surface area contributed by atoms with Gasteiger partial charge in [0.15, 0.2) is 0 Å². The minimum atomic E-state index is 0.234. The minimum Gasteiger partial charge on any atom is -0.302 e. The highest BCUT2D eigenvalue weighted by Gasteiger charge is 2.38. The number of benzene rings is 2. The summed E-state index contributed by atoms with van der Waals surface area (Å²) >= 11 is 4.32. The van der Waals surface area contributed by atoms with Gasteiger partial charge in [0.2, 0.25) is 0 Å². The third-order valence-corrected chi connectivity index (χ3v) is 9.31. The molecule has 2 atom stereocenters. The predicted molar refractivity (Wildman–Crippen MR) is 117 cm³/mol. The molecule has 4 rings (SSSR count). The molecule has 2 aliphatic rings. The van der Waals surface area contributed by atoms with Gasteiger partial charge < -0.3 is 4.90 Å². The summed E-state index contributed by atoms with van der Waals surface area (Å²) in [5, 5.41) is 0.760. The van der Waals surface area contributed by atoms with Gasteiger partial charge in [-0.05, 0) is 56.3 Å². The lowest BCUT2D eigenvalue weighted by molar-refractivity contribution is 0.186. The Kier molecular flexibility index (Phi) is 5.97. The van der Waals surface area contributed by atoms with E-state index in [9.17, 15) is 0 Å². The molecular formula is C23H29NS2. The topological polar surface area (TPSA) is 3.24 Å². The first-order valence-electron chi connectivity index (χ1n) is 9.85. The normalized spacial score (nSPS) is 27.7. The highest BCUT2D eigenvalue weighted by atomic mass is 32.2. The second kappa shape index (κ2) is 8.41. The van der Waals surface area contributed by atoms with Gasteiger partial charge in [0, 0.05) is 17.5 Å². The van der Waals surface area contributed by atoms with E-state index in [4.69, 9.17) is 0 Å². The largest absolute Gasteiger partial charge is 0.302 e. The Hall–Kier alpha value is -0.900. The Morgan fingerprint density at radius 1 is 0.962 bits per heavy atom. The molecular weight excluding hydrogens is 354 g/mol. The number of nitrogens with zero attached hydrogens (tertiary/aromatic N) is 1. The third kappa shape index (κ3) is 4.49. The first-order chi connectivity index (χ1) is 12.7. The van der Waals surface area contributed by atoms with Gasteiger partial charge in [-0.15, -0.1) is 23.5 Å². The quantitative estimate of drug-likeness (QED) is 0.655. The summed E-state index contributed by atoms with van der Waals surface area (Å²) < 4.78 is 0.234. The number of rotatable bonds is 5. The molecule has 2 saturated heterocycles. The van der Waals surface area contributed by atoms with Gasteiger partial charge in [0.05, 0.1) is 4.08 Å². The van der Waals surface area contributed by atoms with Crippen LogP contribution in [0.4, 0.5) is 0 Å². The van der Waals surface area contributed by atoms with Gasteiger partial charge in [-0.2, -0.15) is 0 Å². The van der Waals surface area contributed by atoms with Crippen molar-refractivity contribution in [3.05, 3.63) is 71.8 Å². The summed E-state index contributed by atoms with van der Waals surface area (Å²) in [5.41, 5.74) is 2.98. The molecule has 0 bridgehead atoms. The lowest BCUT2D eigenvalue weighted by atomic mass is 9.90. The predicted octanol–water partition coefficient (Wildman–Crippen LogP) is 5.66. The van der Waals surface area contributed by atoms with Crippen LogP contribution in [0.3, 0.4) is 0 Å². The van der Waals surface area contributed by atoms with E-state index in [-0.39, 0.29) is 4.08 Å². The Labute approximate surface area is 166 Å². The smallest absolute Gasteiger partial charge is 0.0836 e. The molecule has 0 N–H and O–H groups in total. The van der Waals surface area contributed by atoms with Crippen molar-refractivity contribution >= 4 is 23.5 Å². The van der Waals surface area contributed by atoms with Crippen LogP contribution in [0.15, 0.2) is 60.7 Å². The second-order valence-electron chi connectivity index (χ2n) is 7.80. The van der Waals surface area contributed by atoms with Crippen molar-refractivity contribution in [1.82, 2.24) is 4.90 Å². The van der Waals surface area contributed by atoms with Crippen molar-refractivity contribution in [3.8, 4) is 0 Å². The van der Waals surface area contributed by atoms with Crippen LogP contribution in [-0.4, -0.2) is 35.5 Å². The summed E-state index contributed by atoms with van der Waals surface area (Å²) in [6.45, 7) is 6.23. The Morgan fingerprint density at radius 2 is 1.62 bits per heavy atom. The van der Waals surface area contributed by atoms with Crippen LogP contribution >= 0.6 is 23.5 Å². The van der Waals surface area contributed by atoms with E-state index in [0.29, 0.717) is 0 Å². The third-order valence-electron chi connectivity index (χ3n) is 5.77. The van der Waals surface area contributed by atoms with Crippen LogP contribution in [-0.2, 0) is 10.5 Å². The summed E-state index contributed by atoms with van der Waals surface area (Å²) in [7, 11) is 0. The van der Waals surface area contributed by atoms with Crippen molar-refractivity contribution in [2.45, 2.75) is 35.5 Å². The van der Waals surface area contributed by atoms with Gasteiger partial charge in [0.25, 0.3) is 0 Å². The molecule has 0 saturated carbocycles. The maximum Gasteiger partial charge on any atom is 0.0836 e. The van der Waals surface area contributed by atoms with E-state index < -0.39 is 0 Å². The molecule has 0 amide bonds. The molecule has 0 spiro atoms. The Balaban J connectivity index is 1.25. The van der Waals surface area contributed by atoms with Crippen molar-refractivity contribution in [1.29, 1.82) is 0 Å². The van der Waals surface area contributed by atoms with Crippen LogP contribution in [0.25, 0.3) is 0 Å². The second-order valence-corrected chi connectivity index (χ2v) is 11.2. The fourth-order valence-electron chi connectivity index (χ4n) is 4.23. The van der Waals surface area contributed by atoms with E-state index in [1.165, 1.54) is 55.8 Å². The molecule has 2 heterocycles. The van der Waals surface area contributed by atoms with Crippen molar-refractivity contribution in [2.24, 2.45) is 5.92 Å². The van der Waals surface area contributed by atoms with Crippen LogP contribution in [0, 0.1) is 5.92 Å². The van der Waals surface area contributed by atoms with Crippen LogP contribution in [0.5, 0.6) is 0 Å². The molecule has 26 heavy (non-hydrogen) atoms. The van der Waals surface area contributed by atoms with E-state index in [0.717, 1.165) is 11.2 Å². The molecule has 2 aliphatic heterocycles. The zero-order valence-electron chi connectivity index (χ0n) is 15.6.